The Hall–Kier alpha value is -3.02. The SMILES string of the molecule is CC1=C(CCCCC(=O)N[C@@H]2[C@@H](O)[C@H](O)[C@@H](CO)O[C@@H]2Sc2ccccc2)C(=O)c2cccc(O)c2C1=O. The first-order valence-electron chi connectivity index (χ1n) is 12.5. The number of aliphatic hydroxyl groups is 3. The Bertz CT molecular complexity index is 1230. The molecule has 1 fully saturated rings. The van der Waals surface area contributed by atoms with Gasteiger partial charge in [-0.15, -0.1) is 0 Å². The van der Waals surface area contributed by atoms with Crippen LogP contribution < -0.4 is 5.32 Å². The summed E-state index contributed by atoms with van der Waals surface area (Å²) in [6.45, 7) is 1.09. The van der Waals surface area contributed by atoms with Crippen molar-refractivity contribution >= 4 is 29.2 Å². The molecule has 0 saturated carbocycles. The predicted molar refractivity (Wildman–Crippen MR) is 140 cm³/mol. The summed E-state index contributed by atoms with van der Waals surface area (Å²) in [5, 5.41) is 43.4. The molecule has 38 heavy (non-hydrogen) atoms. The number of nitrogens with one attached hydrogen (secondary N) is 1. The van der Waals surface area contributed by atoms with Crippen LogP contribution in [0.3, 0.4) is 0 Å². The number of carbonyl (C=O) groups is 3. The van der Waals surface area contributed by atoms with Gasteiger partial charge in [0.2, 0.25) is 5.91 Å². The van der Waals surface area contributed by atoms with Gasteiger partial charge in [-0.25, -0.2) is 0 Å². The molecular formula is C28H31NO8S. The van der Waals surface area contributed by atoms with Crippen LogP contribution in [0.4, 0.5) is 0 Å². The molecule has 202 valence electrons. The molecule has 1 aliphatic carbocycles. The van der Waals surface area contributed by atoms with E-state index in [9.17, 15) is 34.8 Å². The third kappa shape index (κ3) is 5.84. The molecule has 4 rings (SSSR count). The van der Waals surface area contributed by atoms with Crippen LogP contribution in [-0.2, 0) is 9.53 Å². The maximum Gasteiger partial charge on any atom is 0.220 e. The van der Waals surface area contributed by atoms with Crippen molar-refractivity contribution in [2.45, 2.75) is 67.3 Å². The fourth-order valence-corrected chi connectivity index (χ4v) is 5.90. The van der Waals surface area contributed by atoms with Crippen LogP contribution in [0.2, 0.25) is 0 Å². The summed E-state index contributed by atoms with van der Waals surface area (Å²) in [7, 11) is 0. The van der Waals surface area contributed by atoms with E-state index >= 15 is 0 Å². The maximum atomic E-state index is 12.9. The van der Waals surface area contributed by atoms with Crippen molar-refractivity contribution < 1.29 is 39.5 Å². The van der Waals surface area contributed by atoms with E-state index in [1.165, 1.54) is 30.0 Å². The monoisotopic (exact) mass is 541 g/mol. The van der Waals surface area contributed by atoms with Crippen LogP contribution in [0.25, 0.3) is 0 Å². The number of unbranched alkanes of at least 4 members (excludes halogenated alkanes) is 1. The van der Waals surface area contributed by atoms with Gasteiger partial charge in [-0.3, -0.25) is 14.4 Å². The molecule has 0 spiro atoms. The number of Topliss-reactive ketones (excluding diaryl/α,β-unsaturated/α-hetero) is 2. The van der Waals surface area contributed by atoms with Gasteiger partial charge < -0.3 is 30.5 Å². The van der Waals surface area contributed by atoms with E-state index in [1.54, 1.807) is 6.92 Å². The molecule has 5 atom stereocenters. The van der Waals surface area contributed by atoms with Gasteiger partial charge in [0.1, 0.15) is 29.5 Å². The third-order valence-corrected chi connectivity index (χ3v) is 8.05. The zero-order valence-corrected chi connectivity index (χ0v) is 21.7. The first kappa shape index (κ1) is 28.0. The number of phenolic OH excluding ortho intramolecular Hbond substituents is 1. The second-order valence-electron chi connectivity index (χ2n) is 9.40. The minimum Gasteiger partial charge on any atom is -0.507 e. The molecule has 1 saturated heterocycles. The average molecular weight is 542 g/mol. The highest BCUT2D eigenvalue weighted by Gasteiger charge is 2.45. The number of aliphatic hydroxyl groups excluding tert-OH is 3. The largest absolute Gasteiger partial charge is 0.507 e. The van der Waals surface area contributed by atoms with Crippen LogP contribution >= 0.6 is 11.8 Å². The summed E-state index contributed by atoms with van der Waals surface area (Å²) in [6, 6.07) is 12.8. The zero-order valence-electron chi connectivity index (χ0n) is 20.9. The highest BCUT2D eigenvalue weighted by molar-refractivity contribution is 7.99. The van der Waals surface area contributed by atoms with E-state index < -0.39 is 36.4 Å². The average Bonchev–Trinajstić information content (AvgIpc) is 2.91. The Kier molecular flexibility index (Phi) is 9.01. The van der Waals surface area contributed by atoms with Gasteiger partial charge in [-0.05, 0) is 44.4 Å². The molecule has 5 N–H and O–H groups in total. The van der Waals surface area contributed by atoms with E-state index in [2.05, 4.69) is 5.32 Å². The van der Waals surface area contributed by atoms with Crippen molar-refractivity contribution in [3.8, 4) is 5.75 Å². The molecule has 0 unspecified atom stereocenters. The van der Waals surface area contributed by atoms with Crippen LogP contribution in [0.5, 0.6) is 5.75 Å². The normalized spacial score (nSPS) is 25.3. The number of rotatable bonds is 9. The van der Waals surface area contributed by atoms with E-state index in [0.29, 0.717) is 30.4 Å². The van der Waals surface area contributed by atoms with Gasteiger partial charge in [0.15, 0.2) is 11.6 Å². The van der Waals surface area contributed by atoms with Crippen LogP contribution in [0.15, 0.2) is 64.6 Å². The fraction of sp³-hybridized carbons (Fsp3) is 0.393. The number of fused-ring (bicyclic) bond motifs is 1. The molecule has 0 radical (unpaired) electrons. The Morgan fingerprint density at radius 2 is 1.74 bits per heavy atom. The van der Waals surface area contributed by atoms with E-state index in [-0.39, 0.29) is 40.8 Å². The number of benzene rings is 2. The van der Waals surface area contributed by atoms with Crippen molar-refractivity contribution in [3.63, 3.8) is 0 Å². The minimum atomic E-state index is -1.37. The Morgan fingerprint density at radius 1 is 1.00 bits per heavy atom. The number of thioether (sulfide) groups is 1. The first-order chi connectivity index (χ1) is 18.2. The standard InChI is InChI=1S/C28H31NO8S/c1-15-17(25(34)18-11-7-12-19(31)22(18)24(15)33)10-5-6-13-21(32)29-23-27(36)26(35)20(14-30)37-28(23)38-16-8-3-2-4-9-16/h2-4,7-9,11-12,20,23,26-28,30-31,35-36H,5-6,10,13-14H2,1H3,(H,29,32)/t20-,23-,26-,27-,28-/m1/s1. The number of allylic oxidation sites excluding steroid dienone is 2. The zero-order chi connectivity index (χ0) is 27.4. The summed E-state index contributed by atoms with van der Waals surface area (Å²) in [5.74, 6) is -1.26. The summed E-state index contributed by atoms with van der Waals surface area (Å²) >= 11 is 1.27. The summed E-state index contributed by atoms with van der Waals surface area (Å²) in [4.78, 5) is 39.2. The summed E-state index contributed by atoms with van der Waals surface area (Å²) < 4.78 is 5.81. The molecule has 0 bridgehead atoms. The Morgan fingerprint density at radius 3 is 2.45 bits per heavy atom. The first-order valence-corrected chi connectivity index (χ1v) is 13.4. The molecule has 1 amide bonds. The fourth-order valence-electron chi connectivity index (χ4n) is 4.74. The number of carbonyl (C=O) groups excluding carboxylic acids is 3. The maximum absolute atomic E-state index is 12.9. The number of phenols is 1. The minimum absolute atomic E-state index is 0.0277. The van der Waals surface area contributed by atoms with Gasteiger partial charge in [0.25, 0.3) is 0 Å². The van der Waals surface area contributed by atoms with E-state index in [1.807, 2.05) is 30.3 Å². The van der Waals surface area contributed by atoms with Gasteiger partial charge in [-0.2, -0.15) is 0 Å². The van der Waals surface area contributed by atoms with Crippen LogP contribution in [0, 0.1) is 0 Å². The highest BCUT2D eigenvalue weighted by atomic mass is 32.2. The van der Waals surface area contributed by atoms with E-state index in [0.717, 1.165) is 4.90 Å². The summed E-state index contributed by atoms with van der Waals surface area (Å²) in [6.07, 6.45) is -2.42. The van der Waals surface area contributed by atoms with Crippen molar-refractivity contribution in [2.24, 2.45) is 0 Å². The van der Waals surface area contributed by atoms with Crippen molar-refractivity contribution in [1.29, 1.82) is 0 Å². The number of ether oxygens (including phenoxy) is 1. The topological polar surface area (TPSA) is 153 Å². The number of amides is 1. The van der Waals surface area contributed by atoms with E-state index in [4.69, 9.17) is 4.74 Å². The molecule has 10 heteroatoms. The lowest BCUT2D eigenvalue weighted by molar-refractivity contribution is -0.173. The number of hydrogen-bond acceptors (Lipinski definition) is 9. The van der Waals surface area contributed by atoms with Gasteiger partial charge in [0.05, 0.1) is 18.2 Å². The molecule has 0 aromatic heterocycles. The quantitative estimate of drug-likeness (QED) is 0.301. The van der Waals surface area contributed by atoms with Crippen molar-refractivity contribution in [1.82, 2.24) is 5.32 Å². The number of ketones is 2. The summed E-state index contributed by atoms with van der Waals surface area (Å²) in [5.41, 5.74) is 0.138. The van der Waals surface area contributed by atoms with Crippen LogP contribution in [0.1, 0.15) is 53.3 Å². The Labute approximate surface area is 224 Å². The molecular weight excluding hydrogens is 510 g/mol. The number of hydrogen-bond donors (Lipinski definition) is 5. The molecule has 9 nitrogen and oxygen atoms in total. The van der Waals surface area contributed by atoms with Gasteiger partial charge >= 0.3 is 0 Å². The van der Waals surface area contributed by atoms with Gasteiger partial charge in [-0.1, -0.05) is 42.1 Å². The second-order valence-corrected chi connectivity index (χ2v) is 10.6. The van der Waals surface area contributed by atoms with Gasteiger partial charge in [0, 0.05) is 28.0 Å². The molecule has 2 aromatic rings. The molecule has 2 aromatic carbocycles. The molecule has 2 aliphatic rings. The number of aromatic hydroxyl groups is 1. The predicted octanol–water partition coefficient (Wildman–Crippen LogP) is 2.36. The third-order valence-electron chi connectivity index (χ3n) is 6.87. The lowest BCUT2D eigenvalue weighted by Crippen LogP contribution is -2.63. The lowest BCUT2D eigenvalue weighted by Gasteiger charge is -2.42. The van der Waals surface area contributed by atoms with Crippen molar-refractivity contribution in [3.05, 3.63) is 70.8 Å². The molecule has 1 heterocycles. The molecule has 1 aliphatic heterocycles. The lowest BCUT2D eigenvalue weighted by atomic mass is 9.82. The smallest absolute Gasteiger partial charge is 0.220 e. The highest BCUT2D eigenvalue weighted by Crippen LogP contribution is 2.35. The Balaban J connectivity index is 1.35. The second kappa shape index (κ2) is 12.2. The van der Waals surface area contributed by atoms with Crippen molar-refractivity contribution in [2.75, 3.05) is 6.61 Å². The van der Waals surface area contributed by atoms with Crippen LogP contribution in [-0.4, -0.2) is 74.3 Å².